The SMILES string of the molecule is COC1CCCC(Nc2ccc(F)cc2I)C1. The lowest BCUT2D eigenvalue weighted by atomic mass is 9.92. The van der Waals surface area contributed by atoms with Crippen molar-refractivity contribution in [3.63, 3.8) is 0 Å². The fraction of sp³-hybridized carbons (Fsp3) is 0.538. The van der Waals surface area contributed by atoms with Gasteiger partial charge >= 0.3 is 0 Å². The van der Waals surface area contributed by atoms with Crippen LogP contribution in [0.4, 0.5) is 10.1 Å². The summed E-state index contributed by atoms with van der Waals surface area (Å²) in [5.41, 5.74) is 1.02. The Hall–Kier alpha value is -0.360. The molecule has 0 aliphatic heterocycles. The minimum atomic E-state index is -0.182. The number of methoxy groups -OCH3 is 1. The van der Waals surface area contributed by atoms with Gasteiger partial charge in [0.15, 0.2) is 0 Å². The molecule has 0 aromatic heterocycles. The van der Waals surface area contributed by atoms with E-state index in [-0.39, 0.29) is 5.82 Å². The van der Waals surface area contributed by atoms with Gasteiger partial charge in [-0.1, -0.05) is 0 Å². The van der Waals surface area contributed by atoms with Gasteiger partial charge in [-0.05, 0) is 66.5 Å². The van der Waals surface area contributed by atoms with E-state index >= 15 is 0 Å². The first-order chi connectivity index (χ1) is 8.19. The first-order valence-corrected chi connectivity index (χ1v) is 7.01. The molecule has 1 aliphatic carbocycles. The van der Waals surface area contributed by atoms with Crippen molar-refractivity contribution < 1.29 is 9.13 Å². The summed E-state index contributed by atoms with van der Waals surface area (Å²) in [4.78, 5) is 0. The summed E-state index contributed by atoms with van der Waals surface area (Å²) < 4.78 is 19.3. The van der Waals surface area contributed by atoms with E-state index in [4.69, 9.17) is 4.74 Å². The van der Waals surface area contributed by atoms with Gasteiger partial charge in [0.25, 0.3) is 0 Å². The Morgan fingerprint density at radius 2 is 2.24 bits per heavy atom. The van der Waals surface area contributed by atoms with Crippen LogP contribution in [0.3, 0.4) is 0 Å². The molecule has 94 valence electrons. The Morgan fingerprint density at radius 1 is 1.41 bits per heavy atom. The predicted molar refractivity (Wildman–Crippen MR) is 75.8 cm³/mol. The van der Waals surface area contributed by atoms with Crippen LogP contribution in [0.2, 0.25) is 0 Å². The predicted octanol–water partition coefficient (Wildman–Crippen LogP) is 3.80. The third-order valence-corrected chi connectivity index (χ3v) is 4.14. The molecule has 0 heterocycles. The molecule has 1 aromatic rings. The number of hydrogen-bond acceptors (Lipinski definition) is 2. The van der Waals surface area contributed by atoms with Gasteiger partial charge in [-0.25, -0.2) is 4.39 Å². The highest BCUT2D eigenvalue weighted by atomic mass is 127. The fourth-order valence-electron chi connectivity index (χ4n) is 2.32. The number of benzene rings is 1. The maximum absolute atomic E-state index is 13.0. The molecule has 2 unspecified atom stereocenters. The van der Waals surface area contributed by atoms with Gasteiger partial charge in [-0.3, -0.25) is 0 Å². The van der Waals surface area contributed by atoms with Crippen molar-refractivity contribution in [3.8, 4) is 0 Å². The smallest absolute Gasteiger partial charge is 0.124 e. The van der Waals surface area contributed by atoms with E-state index < -0.39 is 0 Å². The molecular weight excluding hydrogens is 332 g/mol. The van der Waals surface area contributed by atoms with Crippen molar-refractivity contribution in [3.05, 3.63) is 27.6 Å². The van der Waals surface area contributed by atoms with Gasteiger partial charge in [0, 0.05) is 22.4 Å². The van der Waals surface area contributed by atoms with Crippen molar-refractivity contribution in [2.75, 3.05) is 12.4 Å². The Kier molecular flexibility index (Phi) is 4.62. The molecule has 2 atom stereocenters. The molecule has 1 saturated carbocycles. The number of nitrogens with one attached hydrogen (secondary N) is 1. The Balaban J connectivity index is 2.00. The van der Waals surface area contributed by atoms with E-state index in [0.29, 0.717) is 12.1 Å². The number of hydrogen-bond donors (Lipinski definition) is 1. The normalized spacial score (nSPS) is 24.6. The van der Waals surface area contributed by atoms with Crippen molar-refractivity contribution in [2.24, 2.45) is 0 Å². The topological polar surface area (TPSA) is 21.3 Å². The van der Waals surface area contributed by atoms with Crippen LogP contribution in [0.1, 0.15) is 25.7 Å². The summed E-state index contributed by atoms with van der Waals surface area (Å²) in [5, 5.41) is 3.49. The standard InChI is InChI=1S/C13H17FINO/c1-17-11-4-2-3-10(8-11)16-13-6-5-9(14)7-12(13)15/h5-7,10-11,16H,2-4,8H2,1H3. The van der Waals surface area contributed by atoms with E-state index in [2.05, 4.69) is 27.9 Å². The van der Waals surface area contributed by atoms with Gasteiger partial charge in [-0.2, -0.15) is 0 Å². The molecule has 1 fully saturated rings. The maximum atomic E-state index is 13.0. The summed E-state index contributed by atoms with van der Waals surface area (Å²) in [5.74, 6) is -0.182. The number of halogens is 2. The molecule has 1 aliphatic rings. The third kappa shape index (κ3) is 3.55. The van der Waals surface area contributed by atoms with Crippen LogP contribution in [0, 0.1) is 9.39 Å². The summed E-state index contributed by atoms with van der Waals surface area (Å²) >= 11 is 2.16. The molecule has 2 nitrogen and oxygen atoms in total. The Bertz CT molecular complexity index is 386. The molecule has 0 radical (unpaired) electrons. The first-order valence-electron chi connectivity index (χ1n) is 5.93. The van der Waals surface area contributed by atoms with Crippen LogP contribution < -0.4 is 5.32 Å². The Labute approximate surface area is 115 Å². The average molecular weight is 349 g/mol. The minimum Gasteiger partial charge on any atom is -0.381 e. The molecule has 4 heteroatoms. The van der Waals surface area contributed by atoms with E-state index in [9.17, 15) is 4.39 Å². The van der Waals surface area contributed by atoms with Crippen molar-refractivity contribution in [2.45, 2.75) is 37.8 Å². The van der Waals surface area contributed by atoms with Gasteiger partial charge in [0.05, 0.1) is 6.10 Å². The molecule has 0 bridgehead atoms. The lowest BCUT2D eigenvalue weighted by Gasteiger charge is -2.29. The zero-order chi connectivity index (χ0) is 12.3. The molecule has 2 rings (SSSR count). The summed E-state index contributed by atoms with van der Waals surface area (Å²) in [6.45, 7) is 0. The van der Waals surface area contributed by atoms with Crippen LogP contribution >= 0.6 is 22.6 Å². The summed E-state index contributed by atoms with van der Waals surface area (Å²) in [6, 6.07) is 5.31. The van der Waals surface area contributed by atoms with E-state index in [0.717, 1.165) is 28.5 Å². The number of anilines is 1. The zero-order valence-electron chi connectivity index (χ0n) is 9.88. The molecular formula is C13H17FINO. The van der Waals surface area contributed by atoms with E-state index in [1.54, 1.807) is 13.2 Å². The highest BCUT2D eigenvalue weighted by molar-refractivity contribution is 14.1. The molecule has 0 saturated heterocycles. The lowest BCUT2D eigenvalue weighted by Crippen LogP contribution is -2.31. The van der Waals surface area contributed by atoms with Crippen LogP contribution in [0.25, 0.3) is 0 Å². The summed E-state index contributed by atoms with van der Waals surface area (Å²) in [7, 11) is 1.77. The molecule has 0 spiro atoms. The third-order valence-electron chi connectivity index (χ3n) is 3.25. The van der Waals surface area contributed by atoms with Crippen LogP contribution in [0.5, 0.6) is 0 Å². The monoisotopic (exact) mass is 349 g/mol. The maximum Gasteiger partial charge on any atom is 0.124 e. The van der Waals surface area contributed by atoms with Crippen LogP contribution in [0.15, 0.2) is 18.2 Å². The van der Waals surface area contributed by atoms with Gasteiger partial charge in [-0.15, -0.1) is 0 Å². The zero-order valence-corrected chi connectivity index (χ0v) is 12.0. The van der Waals surface area contributed by atoms with Gasteiger partial charge in [0.2, 0.25) is 0 Å². The molecule has 17 heavy (non-hydrogen) atoms. The highest BCUT2D eigenvalue weighted by Crippen LogP contribution is 2.26. The number of ether oxygens (including phenoxy) is 1. The molecule has 0 amide bonds. The summed E-state index contributed by atoms with van der Waals surface area (Å²) in [6.07, 6.45) is 4.89. The first kappa shape index (κ1) is 13.1. The molecule has 1 aromatic carbocycles. The largest absolute Gasteiger partial charge is 0.381 e. The van der Waals surface area contributed by atoms with E-state index in [1.165, 1.54) is 12.5 Å². The second-order valence-corrected chi connectivity index (χ2v) is 5.65. The second-order valence-electron chi connectivity index (χ2n) is 4.49. The van der Waals surface area contributed by atoms with Gasteiger partial charge < -0.3 is 10.1 Å². The molecule has 1 N–H and O–H groups in total. The van der Waals surface area contributed by atoms with Crippen LogP contribution in [-0.4, -0.2) is 19.3 Å². The quantitative estimate of drug-likeness (QED) is 0.839. The minimum absolute atomic E-state index is 0.182. The highest BCUT2D eigenvalue weighted by Gasteiger charge is 2.21. The fourth-order valence-corrected chi connectivity index (χ4v) is 2.95. The second kappa shape index (κ2) is 6.00. The average Bonchev–Trinajstić information content (AvgIpc) is 2.33. The van der Waals surface area contributed by atoms with Crippen LogP contribution in [-0.2, 0) is 4.74 Å². The number of rotatable bonds is 3. The van der Waals surface area contributed by atoms with Crippen molar-refractivity contribution in [1.82, 2.24) is 0 Å². The van der Waals surface area contributed by atoms with Gasteiger partial charge in [0.1, 0.15) is 5.82 Å². The van der Waals surface area contributed by atoms with Crippen molar-refractivity contribution >= 4 is 28.3 Å². The van der Waals surface area contributed by atoms with E-state index in [1.807, 2.05) is 6.07 Å². The lowest BCUT2D eigenvalue weighted by molar-refractivity contribution is 0.0669. The van der Waals surface area contributed by atoms with Crippen molar-refractivity contribution in [1.29, 1.82) is 0 Å². The Morgan fingerprint density at radius 3 is 2.94 bits per heavy atom.